The van der Waals surface area contributed by atoms with Gasteiger partial charge in [0.2, 0.25) is 0 Å². The maximum atomic E-state index is 12.6. The van der Waals surface area contributed by atoms with Crippen LogP contribution in [0.1, 0.15) is 36.0 Å². The fraction of sp³-hybridized carbons (Fsp3) is 0.737. The number of thiophene rings is 1. The lowest BCUT2D eigenvalue weighted by Gasteiger charge is -2.42. The van der Waals surface area contributed by atoms with E-state index in [9.17, 15) is 4.79 Å². The summed E-state index contributed by atoms with van der Waals surface area (Å²) >= 11 is 1.60. The van der Waals surface area contributed by atoms with Gasteiger partial charge >= 0.3 is 0 Å². The molecule has 0 unspecified atom stereocenters. The normalized spacial score (nSPS) is 27.0. The summed E-state index contributed by atoms with van der Waals surface area (Å²) in [5.74, 6) is 1.67. The molecule has 1 aliphatic carbocycles. The second-order valence-corrected chi connectivity index (χ2v) is 8.82. The monoisotopic (exact) mass is 348 g/mol. The third-order valence-electron chi connectivity index (χ3n) is 6.17. The maximum absolute atomic E-state index is 12.6. The molecule has 1 aromatic heterocycles. The van der Waals surface area contributed by atoms with E-state index in [1.54, 1.807) is 11.3 Å². The molecule has 4 nitrogen and oxygen atoms in total. The summed E-state index contributed by atoms with van der Waals surface area (Å²) in [4.78, 5) is 17.1. The Hall–Kier alpha value is -0.910. The highest BCUT2D eigenvalue weighted by atomic mass is 32.1. The number of ether oxygens (including phenoxy) is 1. The molecule has 2 saturated heterocycles. The average Bonchev–Trinajstić information content (AvgIpc) is 3.14. The van der Waals surface area contributed by atoms with Gasteiger partial charge in [0.25, 0.3) is 5.91 Å². The Balaban J connectivity index is 1.35. The van der Waals surface area contributed by atoms with E-state index >= 15 is 0 Å². The van der Waals surface area contributed by atoms with Crippen LogP contribution in [0.2, 0.25) is 0 Å². The van der Waals surface area contributed by atoms with Crippen molar-refractivity contribution in [1.29, 1.82) is 0 Å². The quantitative estimate of drug-likeness (QED) is 0.820. The Morgan fingerprint density at radius 3 is 2.79 bits per heavy atom. The zero-order valence-electron chi connectivity index (χ0n) is 14.6. The highest BCUT2D eigenvalue weighted by molar-refractivity contribution is 7.08. The Morgan fingerprint density at radius 1 is 1.33 bits per heavy atom. The highest BCUT2D eigenvalue weighted by Gasteiger charge is 2.47. The first kappa shape index (κ1) is 16.6. The van der Waals surface area contributed by atoms with Crippen LogP contribution in [0.3, 0.4) is 0 Å². The molecular weight excluding hydrogens is 320 g/mol. The van der Waals surface area contributed by atoms with Crippen LogP contribution in [0.5, 0.6) is 0 Å². The molecule has 0 bridgehead atoms. The van der Waals surface area contributed by atoms with Crippen LogP contribution in [0.15, 0.2) is 16.8 Å². The molecule has 1 spiro atoms. The summed E-state index contributed by atoms with van der Waals surface area (Å²) in [5.41, 5.74) is 1.20. The summed E-state index contributed by atoms with van der Waals surface area (Å²) in [6, 6.07) is 1.94. The fourth-order valence-electron chi connectivity index (χ4n) is 4.48. The molecule has 24 heavy (non-hydrogen) atoms. The minimum Gasteiger partial charge on any atom is -0.381 e. The van der Waals surface area contributed by atoms with Gasteiger partial charge in [0.05, 0.1) is 12.2 Å². The lowest BCUT2D eigenvalue weighted by Crippen LogP contribution is -2.47. The van der Waals surface area contributed by atoms with Crippen LogP contribution in [0.25, 0.3) is 0 Å². The Bertz CT molecular complexity index is 562. The third kappa shape index (κ3) is 3.39. The largest absolute Gasteiger partial charge is 0.381 e. The third-order valence-corrected chi connectivity index (χ3v) is 6.85. The Labute approximate surface area is 148 Å². The number of rotatable bonds is 5. The van der Waals surface area contributed by atoms with Gasteiger partial charge in [-0.3, -0.25) is 4.79 Å². The zero-order valence-corrected chi connectivity index (χ0v) is 15.4. The number of likely N-dealkylation sites (tertiary alicyclic amines) is 2. The SMILES string of the molecule is CN1C[C@H](COCC2CC2)C2(CCN(C(=O)c3ccsc3)CC2)C1. The van der Waals surface area contributed by atoms with Gasteiger partial charge in [0, 0.05) is 44.1 Å². The smallest absolute Gasteiger partial charge is 0.254 e. The molecule has 2 aliphatic heterocycles. The van der Waals surface area contributed by atoms with Crippen LogP contribution in [0.4, 0.5) is 0 Å². The number of hydrogen-bond donors (Lipinski definition) is 0. The molecule has 4 rings (SSSR count). The molecule has 1 atom stereocenters. The van der Waals surface area contributed by atoms with Gasteiger partial charge in [0.15, 0.2) is 0 Å². The van der Waals surface area contributed by atoms with Crippen molar-refractivity contribution < 1.29 is 9.53 Å². The number of amides is 1. The summed E-state index contributed by atoms with van der Waals surface area (Å²) in [6.07, 6.45) is 4.94. The number of piperidine rings is 1. The van der Waals surface area contributed by atoms with Gasteiger partial charge in [-0.2, -0.15) is 11.3 Å². The highest BCUT2D eigenvalue weighted by Crippen LogP contribution is 2.44. The number of nitrogens with zero attached hydrogens (tertiary/aromatic N) is 2. The van der Waals surface area contributed by atoms with E-state index in [0.29, 0.717) is 11.3 Å². The van der Waals surface area contributed by atoms with Gasteiger partial charge in [-0.25, -0.2) is 0 Å². The van der Waals surface area contributed by atoms with Gasteiger partial charge in [-0.05, 0) is 55.5 Å². The molecule has 132 valence electrons. The van der Waals surface area contributed by atoms with E-state index in [1.807, 2.05) is 21.7 Å². The van der Waals surface area contributed by atoms with E-state index in [2.05, 4.69) is 11.9 Å². The Morgan fingerprint density at radius 2 is 2.12 bits per heavy atom. The lowest BCUT2D eigenvalue weighted by atomic mass is 9.71. The minimum atomic E-state index is 0.207. The lowest BCUT2D eigenvalue weighted by molar-refractivity contribution is 0.0180. The molecule has 0 radical (unpaired) electrons. The standard InChI is InChI=1S/C19H28N2O2S/c1-20-10-17(12-23-11-15-2-3-15)19(14-20)5-7-21(8-6-19)18(22)16-4-9-24-13-16/h4,9,13,15,17H,2-3,5-8,10-12,14H2,1H3/t17-/m1/s1. The van der Waals surface area contributed by atoms with Crippen LogP contribution >= 0.6 is 11.3 Å². The minimum absolute atomic E-state index is 0.207. The number of carbonyl (C=O) groups excluding carboxylic acids is 1. The molecule has 3 fully saturated rings. The predicted molar refractivity (Wildman–Crippen MR) is 96.4 cm³/mol. The molecule has 3 aliphatic rings. The summed E-state index contributed by atoms with van der Waals surface area (Å²) in [6.45, 7) is 5.94. The summed E-state index contributed by atoms with van der Waals surface area (Å²) in [5, 5.41) is 3.95. The van der Waals surface area contributed by atoms with E-state index in [0.717, 1.165) is 63.7 Å². The van der Waals surface area contributed by atoms with Gasteiger partial charge in [-0.15, -0.1) is 0 Å². The molecule has 0 N–H and O–H groups in total. The van der Waals surface area contributed by atoms with Gasteiger partial charge in [0.1, 0.15) is 0 Å². The van der Waals surface area contributed by atoms with Crippen molar-refractivity contribution >= 4 is 17.2 Å². The second-order valence-electron chi connectivity index (χ2n) is 8.04. The number of carbonyl (C=O) groups is 1. The van der Waals surface area contributed by atoms with Crippen molar-refractivity contribution in [3.8, 4) is 0 Å². The average molecular weight is 349 g/mol. The summed E-state index contributed by atoms with van der Waals surface area (Å²) in [7, 11) is 2.23. The molecule has 0 aromatic carbocycles. The first-order chi connectivity index (χ1) is 11.7. The first-order valence-corrected chi connectivity index (χ1v) is 10.2. The maximum Gasteiger partial charge on any atom is 0.254 e. The van der Waals surface area contributed by atoms with Gasteiger partial charge in [-0.1, -0.05) is 0 Å². The van der Waals surface area contributed by atoms with Crippen molar-refractivity contribution in [2.75, 3.05) is 46.4 Å². The summed E-state index contributed by atoms with van der Waals surface area (Å²) < 4.78 is 6.04. The molecule has 5 heteroatoms. The first-order valence-electron chi connectivity index (χ1n) is 9.24. The number of hydrogen-bond acceptors (Lipinski definition) is 4. The van der Waals surface area contributed by atoms with Crippen LogP contribution in [-0.2, 0) is 4.74 Å². The molecule has 3 heterocycles. The van der Waals surface area contributed by atoms with Gasteiger partial charge < -0.3 is 14.5 Å². The zero-order chi connectivity index (χ0) is 16.6. The molecular formula is C19H28N2O2S. The molecule has 1 aromatic rings. The van der Waals surface area contributed by atoms with Crippen molar-refractivity contribution in [3.05, 3.63) is 22.4 Å². The van der Waals surface area contributed by atoms with Crippen molar-refractivity contribution in [2.45, 2.75) is 25.7 Å². The van der Waals surface area contributed by atoms with Crippen LogP contribution in [-0.4, -0.2) is 62.1 Å². The fourth-order valence-corrected chi connectivity index (χ4v) is 5.11. The topological polar surface area (TPSA) is 32.8 Å². The van der Waals surface area contributed by atoms with Crippen molar-refractivity contribution in [2.24, 2.45) is 17.3 Å². The molecule has 1 amide bonds. The van der Waals surface area contributed by atoms with Crippen molar-refractivity contribution in [1.82, 2.24) is 9.80 Å². The van der Waals surface area contributed by atoms with E-state index in [-0.39, 0.29) is 5.91 Å². The predicted octanol–water partition coefficient (Wildman–Crippen LogP) is 2.96. The second kappa shape index (κ2) is 6.77. The van der Waals surface area contributed by atoms with E-state index in [4.69, 9.17) is 4.74 Å². The Kier molecular flexibility index (Phi) is 4.67. The van der Waals surface area contributed by atoms with Crippen LogP contribution < -0.4 is 0 Å². The molecule has 1 saturated carbocycles. The van der Waals surface area contributed by atoms with E-state index < -0.39 is 0 Å². The van der Waals surface area contributed by atoms with Crippen molar-refractivity contribution in [3.63, 3.8) is 0 Å². The van der Waals surface area contributed by atoms with Crippen LogP contribution in [0, 0.1) is 17.3 Å². The van der Waals surface area contributed by atoms with E-state index in [1.165, 1.54) is 12.8 Å².